The lowest BCUT2D eigenvalue weighted by molar-refractivity contribution is -0.116. The lowest BCUT2D eigenvalue weighted by atomic mass is 10.1. The lowest BCUT2D eigenvalue weighted by Crippen LogP contribution is -2.31. The van der Waals surface area contributed by atoms with Crippen LogP contribution in [0.15, 0.2) is 12.1 Å². The molecule has 0 aliphatic heterocycles. The first-order valence-corrected chi connectivity index (χ1v) is 4.65. The number of hydrogen-bond acceptors (Lipinski definition) is 4. The Kier molecular flexibility index (Phi) is 3.52. The Bertz CT molecular complexity index is 476. The molecule has 0 heterocycles. The maximum Gasteiger partial charge on any atom is 0.340 e. The van der Waals surface area contributed by atoms with Gasteiger partial charge in [0.05, 0.1) is 17.9 Å². The molecule has 1 amide bonds. The van der Waals surface area contributed by atoms with Crippen LogP contribution in [0.5, 0.6) is 0 Å². The number of nitrogens with zero attached hydrogens (tertiary/aromatic N) is 1. The summed E-state index contributed by atoms with van der Waals surface area (Å²) in [4.78, 5) is 23.0. The molecule has 0 saturated carbocycles. The van der Waals surface area contributed by atoms with Gasteiger partial charge in [-0.25, -0.2) is 9.18 Å². The number of likely N-dealkylation sites (N-methyl/N-ethyl adjacent to an activating group) is 1. The molecular formula is C10H12FN3O3. The van der Waals surface area contributed by atoms with Crippen LogP contribution in [0, 0.1) is 5.82 Å². The quantitative estimate of drug-likeness (QED) is 0.644. The van der Waals surface area contributed by atoms with Crippen molar-refractivity contribution in [2.45, 2.75) is 0 Å². The van der Waals surface area contributed by atoms with Crippen LogP contribution in [0.3, 0.4) is 0 Å². The number of primary amides is 1. The number of hydrogen-bond donors (Lipinski definition) is 3. The van der Waals surface area contributed by atoms with Crippen LogP contribution < -0.4 is 16.4 Å². The fourth-order valence-electron chi connectivity index (χ4n) is 1.44. The Labute approximate surface area is 96.6 Å². The van der Waals surface area contributed by atoms with Crippen molar-refractivity contribution in [1.82, 2.24) is 0 Å². The molecule has 0 aliphatic carbocycles. The van der Waals surface area contributed by atoms with Crippen molar-refractivity contribution >= 4 is 23.3 Å². The molecule has 0 atom stereocenters. The Hall–Kier alpha value is -2.31. The van der Waals surface area contributed by atoms with Crippen LogP contribution in [0.1, 0.15) is 10.4 Å². The first-order valence-electron chi connectivity index (χ1n) is 4.65. The number of amides is 1. The molecule has 1 aromatic carbocycles. The van der Waals surface area contributed by atoms with Gasteiger partial charge in [-0.15, -0.1) is 0 Å². The van der Waals surface area contributed by atoms with Crippen molar-refractivity contribution in [1.29, 1.82) is 0 Å². The van der Waals surface area contributed by atoms with Crippen LogP contribution in [-0.2, 0) is 4.79 Å². The maximum atomic E-state index is 13.1. The number of anilines is 2. The van der Waals surface area contributed by atoms with Gasteiger partial charge < -0.3 is 21.5 Å². The van der Waals surface area contributed by atoms with Crippen molar-refractivity contribution in [3.05, 3.63) is 23.5 Å². The van der Waals surface area contributed by atoms with Crippen molar-refractivity contribution in [3.63, 3.8) is 0 Å². The minimum absolute atomic E-state index is 0.134. The van der Waals surface area contributed by atoms with Gasteiger partial charge in [0, 0.05) is 7.05 Å². The van der Waals surface area contributed by atoms with Crippen molar-refractivity contribution in [2.75, 3.05) is 24.2 Å². The normalized spacial score (nSPS) is 10.0. The molecule has 0 bridgehead atoms. The number of nitrogens with two attached hydrogens (primary N) is 2. The van der Waals surface area contributed by atoms with Gasteiger partial charge in [-0.2, -0.15) is 0 Å². The third-order valence-electron chi connectivity index (χ3n) is 2.19. The number of carboxylic acid groups (broad SMARTS) is 1. The van der Waals surface area contributed by atoms with Gasteiger partial charge in [0.15, 0.2) is 0 Å². The molecule has 1 aromatic rings. The highest BCUT2D eigenvalue weighted by molar-refractivity contribution is 6.00. The summed E-state index contributed by atoms with van der Waals surface area (Å²) in [5, 5.41) is 8.96. The number of nitrogen functional groups attached to an aromatic ring is 1. The molecule has 7 heteroatoms. The van der Waals surface area contributed by atoms with Gasteiger partial charge in [0.2, 0.25) is 5.91 Å². The standard InChI is InChI=1S/C10H12FN3O3/c1-14(4-7(12)15)6-3-2-5(11)9(13)8(6)10(16)17/h2-3H,4,13H2,1H3,(H2,12,15)(H,16,17). The minimum Gasteiger partial charge on any atom is -0.478 e. The molecule has 0 aliphatic rings. The summed E-state index contributed by atoms with van der Waals surface area (Å²) in [5.41, 5.74) is 9.63. The van der Waals surface area contributed by atoms with Gasteiger partial charge in [-0.3, -0.25) is 4.79 Å². The van der Waals surface area contributed by atoms with Gasteiger partial charge in [-0.05, 0) is 12.1 Å². The molecule has 0 saturated heterocycles. The zero-order chi connectivity index (χ0) is 13.2. The topological polar surface area (TPSA) is 110 Å². The van der Waals surface area contributed by atoms with Crippen LogP contribution >= 0.6 is 0 Å². The van der Waals surface area contributed by atoms with E-state index in [-0.39, 0.29) is 17.8 Å². The summed E-state index contributed by atoms with van der Waals surface area (Å²) in [7, 11) is 1.46. The molecular weight excluding hydrogens is 229 g/mol. The summed E-state index contributed by atoms with van der Waals surface area (Å²) in [6.45, 7) is -0.189. The SMILES string of the molecule is CN(CC(N)=O)c1ccc(F)c(N)c1C(=O)O. The second-order valence-electron chi connectivity index (χ2n) is 3.48. The van der Waals surface area contributed by atoms with E-state index >= 15 is 0 Å². The molecule has 0 unspecified atom stereocenters. The second kappa shape index (κ2) is 4.69. The lowest BCUT2D eigenvalue weighted by Gasteiger charge is -2.20. The smallest absolute Gasteiger partial charge is 0.340 e. The third-order valence-corrected chi connectivity index (χ3v) is 2.19. The number of carbonyl (C=O) groups is 2. The van der Waals surface area contributed by atoms with Crippen molar-refractivity contribution < 1.29 is 19.1 Å². The second-order valence-corrected chi connectivity index (χ2v) is 3.48. The van der Waals surface area contributed by atoms with Crippen LogP contribution in [0.2, 0.25) is 0 Å². The average molecular weight is 241 g/mol. The number of aromatic carboxylic acids is 1. The van der Waals surface area contributed by atoms with E-state index in [9.17, 15) is 14.0 Å². The number of halogens is 1. The van der Waals surface area contributed by atoms with Crippen LogP contribution in [0.25, 0.3) is 0 Å². The van der Waals surface area contributed by atoms with Gasteiger partial charge in [0.1, 0.15) is 11.4 Å². The molecule has 0 fully saturated rings. The fourth-order valence-corrected chi connectivity index (χ4v) is 1.44. The molecule has 92 valence electrons. The molecule has 17 heavy (non-hydrogen) atoms. The zero-order valence-electron chi connectivity index (χ0n) is 9.11. The summed E-state index contributed by atoms with van der Waals surface area (Å²) in [6, 6.07) is 2.27. The molecule has 1 rings (SSSR count). The van der Waals surface area contributed by atoms with Crippen molar-refractivity contribution in [2.24, 2.45) is 5.73 Å². The maximum absolute atomic E-state index is 13.1. The first kappa shape index (κ1) is 12.8. The fraction of sp³-hybridized carbons (Fsp3) is 0.200. The largest absolute Gasteiger partial charge is 0.478 e. The Balaban J connectivity index is 3.28. The molecule has 0 radical (unpaired) electrons. The van der Waals surface area contributed by atoms with E-state index in [0.717, 1.165) is 6.07 Å². The first-order chi connectivity index (χ1) is 7.84. The number of carbonyl (C=O) groups excluding carboxylic acids is 1. The number of carboxylic acids is 1. The van der Waals surface area contributed by atoms with Gasteiger partial charge in [0.25, 0.3) is 0 Å². The highest BCUT2D eigenvalue weighted by atomic mass is 19.1. The van der Waals surface area contributed by atoms with Crippen molar-refractivity contribution in [3.8, 4) is 0 Å². The molecule has 5 N–H and O–H groups in total. The van der Waals surface area contributed by atoms with E-state index in [2.05, 4.69) is 0 Å². The Morgan fingerprint density at radius 2 is 2.06 bits per heavy atom. The number of benzene rings is 1. The summed E-state index contributed by atoms with van der Waals surface area (Å²) >= 11 is 0. The molecule has 6 nitrogen and oxygen atoms in total. The predicted octanol–water partition coefficient (Wildman–Crippen LogP) is 0.0276. The number of rotatable bonds is 4. The average Bonchev–Trinajstić information content (AvgIpc) is 2.19. The molecule has 0 aromatic heterocycles. The van der Waals surface area contributed by atoms with Crippen LogP contribution in [-0.4, -0.2) is 30.6 Å². The van der Waals surface area contributed by atoms with E-state index in [1.165, 1.54) is 18.0 Å². The molecule has 0 spiro atoms. The monoisotopic (exact) mass is 241 g/mol. The summed E-state index contributed by atoms with van der Waals surface area (Å²) < 4.78 is 13.1. The Morgan fingerprint density at radius 1 is 1.47 bits per heavy atom. The minimum atomic E-state index is -1.37. The highest BCUT2D eigenvalue weighted by Crippen LogP contribution is 2.27. The van der Waals surface area contributed by atoms with E-state index in [1.807, 2.05) is 0 Å². The van der Waals surface area contributed by atoms with E-state index in [1.54, 1.807) is 0 Å². The summed E-state index contributed by atoms with van der Waals surface area (Å²) in [6.07, 6.45) is 0. The highest BCUT2D eigenvalue weighted by Gasteiger charge is 2.20. The van der Waals surface area contributed by atoms with E-state index < -0.39 is 23.4 Å². The van der Waals surface area contributed by atoms with Gasteiger partial charge >= 0.3 is 5.97 Å². The van der Waals surface area contributed by atoms with Gasteiger partial charge in [-0.1, -0.05) is 0 Å². The van der Waals surface area contributed by atoms with E-state index in [4.69, 9.17) is 16.6 Å². The van der Waals surface area contributed by atoms with Crippen LogP contribution in [0.4, 0.5) is 15.8 Å². The summed E-state index contributed by atoms with van der Waals surface area (Å²) in [5.74, 6) is -2.82. The zero-order valence-corrected chi connectivity index (χ0v) is 9.11. The van der Waals surface area contributed by atoms with E-state index in [0.29, 0.717) is 0 Å². The predicted molar refractivity (Wildman–Crippen MR) is 60.2 cm³/mol. The third kappa shape index (κ3) is 2.63. The Morgan fingerprint density at radius 3 is 2.53 bits per heavy atom.